The molecular formula is C19H29N3O4S. The molecule has 150 valence electrons. The highest BCUT2D eigenvalue weighted by atomic mass is 32.2. The van der Waals surface area contributed by atoms with Gasteiger partial charge >= 0.3 is 0 Å². The van der Waals surface area contributed by atoms with E-state index in [4.69, 9.17) is 4.74 Å². The van der Waals surface area contributed by atoms with Crippen molar-refractivity contribution in [1.29, 1.82) is 0 Å². The van der Waals surface area contributed by atoms with Gasteiger partial charge in [0.1, 0.15) is 0 Å². The van der Waals surface area contributed by atoms with Gasteiger partial charge in [0.25, 0.3) is 0 Å². The largest absolute Gasteiger partial charge is 0.379 e. The Morgan fingerprint density at radius 1 is 1.07 bits per heavy atom. The Labute approximate surface area is 161 Å². The fourth-order valence-electron chi connectivity index (χ4n) is 3.57. The lowest BCUT2D eigenvalue weighted by Crippen LogP contribution is -2.42. The van der Waals surface area contributed by atoms with E-state index < -0.39 is 10.0 Å². The maximum Gasteiger partial charge on any atom is 0.243 e. The summed E-state index contributed by atoms with van der Waals surface area (Å²) in [4.78, 5) is 15.1. The first-order chi connectivity index (χ1) is 13.0. The minimum Gasteiger partial charge on any atom is -0.379 e. The number of hydrogen-bond acceptors (Lipinski definition) is 5. The maximum atomic E-state index is 12.8. The van der Waals surface area contributed by atoms with Crippen LogP contribution >= 0.6 is 0 Å². The number of morpholine rings is 1. The van der Waals surface area contributed by atoms with E-state index >= 15 is 0 Å². The summed E-state index contributed by atoms with van der Waals surface area (Å²) in [6.07, 6.45) is 4.66. The van der Waals surface area contributed by atoms with Gasteiger partial charge in [-0.05, 0) is 51.1 Å². The number of anilines is 1. The number of carbonyl (C=O) groups is 1. The van der Waals surface area contributed by atoms with E-state index in [0.29, 0.717) is 32.0 Å². The number of nitrogens with zero attached hydrogens (tertiary/aromatic N) is 2. The molecule has 2 aliphatic rings. The Bertz CT molecular complexity index is 739. The van der Waals surface area contributed by atoms with Gasteiger partial charge in [-0.25, -0.2) is 8.42 Å². The number of benzene rings is 1. The first-order valence-electron chi connectivity index (χ1n) is 9.71. The highest BCUT2D eigenvalue weighted by molar-refractivity contribution is 7.89. The van der Waals surface area contributed by atoms with Gasteiger partial charge < -0.3 is 10.1 Å². The molecule has 1 atom stereocenters. The molecule has 0 aromatic heterocycles. The molecule has 2 saturated heterocycles. The van der Waals surface area contributed by atoms with Gasteiger partial charge in [0.2, 0.25) is 15.9 Å². The van der Waals surface area contributed by atoms with E-state index in [0.717, 1.165) is 25.9 Å². The molecule has 0 radical (unpaired) electrons. The molecule has 0 aliphatic carbocycles. The molecule has 0 saturated carbocycles. The Morgan fingerprint density at radius 2 is 1.74 bits per heavy atom. The lowest BCUT2D eigenvalue weighted by molar-refractivity contribution is -0.120. The third-order valence-corrected chi connectivity index (χ3v) is 7.17. The Morgan fingerprint density at radius 3 is 2.41 bits per heavy atom. The number of ether oxygens (including phenoxy) is 1. The number of likely N-dealkylation sites (tertiary alicyclic amines) is 1. The highest BCUT2D eigenvalue weighted by Gasteiger charge is 2.27. The molecule has 0 unspecified atom stereocenters. The predicted octanol–water partition coefficient (Wildman–Crippen LogP) is 1.91. The SMILES string of the molecule is C[C@@H](C(=O)Nc1cccc(S(=O)(=O)N2CCOCC2)c1)N1CCCCCC1. The van der Waals surface area contributed by atoms with Crippen LogP contribution in [-0.2, 0) is 19.6 Å². The van der Waals surface area contributed by atoms with Crippen molar-refractivity contribution in [2.45, 2.75) is 43.5 Å². The summed E-state index contributed by atoms with van der Waals surface area (Å²) in [7, 11) is -3.57. The number of amides is 1. The lowest BCUT2D eigenvalue weighted by atomic mass is 10.2. The molecule has 0 bridgehead atoms. The van der Waals surface area contributed by atoms with Crippen LogP contribution in [0.25, 0.3) is 0 Å². The van der Waals surface area contributed by atoms with E-state index in [-0.39, 0.29) is 16.8 Å². The molecule has 2 heterocycles. The summed E-state index contributed by atoms with van der Waals surface area (Å²) in [5, 5.41) is 2.89. The number of carbonyl (C=O) groups excluding carboxylic acids is 1. The summed E-state index contributed by atoms with van der Waals surface area (Å²) in [5.41, 5.74) is 0.510. The van der Waals surface area contributed by atoms with Crippen molar-refractivity contribution in [3.63, 3.8) is 0 Å². The predicted molar refractivity (Wildman–Crippen MR) is 104 cm³/mol. The van der Waals surface area contributed by atoms with Crippen molar-refractivity contribution in [2.24, 2.45) is 0 Å². The Hall–Kier alpha value is -1.48. The quantitative estimate of drug-likeness (QED) is 0.824. The molecular weight excluding hydrogens is 366 g/mol. The van der Waals surface area contributed by atoms with Crippen LogP contribution in [0.2, 0.25) is 0 Å². The summed E-state index contributed by atoms with van der Waals surface area (Å²) in [6, 6.07) is 6.27. The van der Waals surface area contributed by atoms with E-state index in [1.807, 2.05) is 6.92 Å². The Balaban J connectivity index is 1.68. The van der Waals surface area contributed by atoms with Crippen LogP contribution in [0.1, 0.15) is 32.6 Å². The second kappa shape index (κ2) is 9.14. The maximum absolute atomic E-state index is 12.8. The van der Waals surface area contributed by atoms with Crippen LogP contribution in [0.3, 0.4) is 0 Å². The average molecular weight is 396 g/mol. The minimum absolute atomic E-state index is 0.0992. The summed E-state index contributed by atoms with van der Waals surface area (Å²) in [5.74, 6) is -0.0992. The van der Waals surface area contributed by atoms with E-state index in [1.54, 1.807) is 18.2 Å². The van der Waals surface area contributed by atoms with Crippen LogP contribution in [-0.4, -0.2) is 69.0 Å². The van der Waals surface area contributed by atoms with Gasteiger partial charge in [-0.1, -0.05) is 18.9 Å². The fourth-order valence-corrected chi connectivity index (χ4v) is 5.02. The second-order valence-electron chi connectivity index (χ2n) is 7.16. The number of sulfonamides is 1. The van der Waals surface area contributed by atoms with Crippen molar-refractivity contribution in [2.75, 3.05) is 44.7 Å². The Kier molecular flexibility index (Phi) is 6.86. The van der Waals surface area contributed by atoms with Crippen LogP contribution in [0.15, 0.2) is 29.2 Å². The zero-order valence-corrected chi connectivity index (χ0v) is 16.7. The van der Waals surface area contributed by atoms with Gasteiger partial charge in [0.05, 0.1) is 24.2 Å². The number of hydrogen-bond donors (Lipinski definition) is 1. The monoisotopic (exact) mass is 395 g/mol. The molecule has 1 N–H and O–H groups in total. The van der Waals surface area contributed by atoms with Gasteiger partial charge in [-0.3, -0.25) is 9.69 Å². The van der Waals surface area contributed by atoms with E-state index in [1.165, 1.54) is 23.2 Å². The molecule has 1 aromatic rings. The fraction of sp³-hybridized carbons (Fsp3) is 0.632. The summed E-state index contributed by atoms with van der Waals surface area (Å²) in [6.45, 7) is 5.29. The molecule has 1 aromatic carbocycles. The number of rotatable bonds is 5. The molecule has 7 nitrogen and oxygen atoms in total. The molecule has 2 fully saturated rings. The van der Waals surface area contributed by atoms with Gasteiger partial charge in [0.15, 0.2) is 0 Å². The van der Waals surface area contributed by atoms with Gasteiger partial charge in [0, 0.05) is 18.8 Å². The third-order valence-electron chi connectivity index (χ3n) is 5.28. The van der Waals surface area contributed by atoms with E-state index in [9.17, 15) is 13.2 Å². The zero-order valence-electron chi connectivity index (χ0n) is 15.9. The van der Waals surface area contributed by atoms with Crippen LogP contribution in [0.4, 0.5) is 5.69 Å². The topological polar surface area (TPSA) is 79.0 Å². The molecule has 27 heavy (non-hydrogen) atoms. The number of nitrogens with one attached hydrogen (secondary N) is 1. The molecule has 8 heteroatoms. The van der Waals surface area contributed by atoms with Gasteiger partial charge in [-0.2, -0.15) is 4.31 Å². The third kappa shape index (κ3) is 5.07. The van der Waals surface area contributed by atoms with Crippen molar-refractivity contribution in [1.82, 2.24) is 9.21 Å². The molecule has 3 rings (SSSR count). The summed E-state index contributed by atoms with van der Waals surface area (Å²) < 4.78 is 32.2. The van der Waals surface area contributed by atoms with Crippen LogP contribution in [0.5, 0.6) is 0 Å². The van der Waals surface area contributed by atoms with Crippen molar-refractivity contribution < 1.29 is 17.9 Å². The molecule has 2 aliphatic heterocycles. The normalized spacial score (nSPS) is 21.4. The second-order valence-corrected chi connectivity index (χ2v) is 9.10. The smallest absolute Gasteiger partial charge is 0.243 e. The van der Waals surface area contributed by atoms with Crippen molar-refractivity contribution in [3.05, 3.63) is 24.3 Å². The van der Waals surface area contributed by atoms with Crippen LogP contribution in [0, 0.1) is 0 Å². The lowest BCUT2D eigenvalue weighted by Gasteiger charge is -2.27. The van der Waals surface area contributed by atoms with E-state index in [2.05, 4.69) is 10.2 Å². The first-order valence-corrected chi connectivity index (χ1v) is 11.2. The highest BCUT2D eigenvalue weighted by Crippen LogP contribution is 2.21. The first kappa shape index (κ1) is 20.3. The summed E-state index contributed by atoms with van der Waals surface area (Å²) >= 11 is 0. The van der Waals surface area contributed by atoms with Crippen molar-refractivity contribution >= 4 is 21.6 Å². The molecule has 1 amide bonds. The average Bonchev–Trinajstić information content (AvgIpc) is 2.98. The molecule has 0 spiro atoms. The van der Waals surface area contributed by atoms with Gasteiger partial charge in [-0.15, -0.1) is 0 Å². The van der Waals surface area contributed by atoms with Crippen molar-refractivity contribution in [3.8, 4) is 0 Å². The zero-order chi connectivity index (χ0) is 19.3. The standard InChI is InChI=1S/C19H29N3O4S/c1-16(21-9-4-2-3-5-10-21)19(23)20-17-7-6-8-18(15-17)27(24,25)22-11-13-26-14-12-22/h6-8,15-16H,2-5,9-14H2,1H3,(H,20,23)/t16-/m0/s1. The van der Waals surface area contributed by atoms with Crippen LogP contribution < -0.4 is 5.32 Å². The minimum atomic E-state index is -3.57.